The molecule has 0 radical (unpaired) electrons. The number of hydrogen-bond donors (Lipinski definition) is 1. The van der Waals surface area contributed by atoms with Crippen molar-refractivity contribution >= 4 is 21.6 Å². The summed E-state index contributed by atoms with van der Waals surface area (Å²) >= 11 is 6.22. The summed E-state index contributed by atoms with van der Waals surface area (Å²) in [7, 11) is -3.12. The molecule has 0 spiro atoms. The van der Waals surface area contributed by atoms with Gasteiger partial charge in [-0.2, -0.15) is 0 Å². The van der Waals surface area contributed by atoms with Crippen molar-refractivity contribution in [2.75, 3.05) is 39.0 Å². The monoisotopic (exact) mass is 430 g/mol. The highest BCUT2D eigenvalue weighted by molar-refractivity contribution is 7.88. The molecular formula is C20H31ClN2O4S. The lowest BCUT2D eigenvalue weighted by Crippen LogP contribution is -2.56. The van der Waals surface area contributed by atoms with E-state index in [1.807, 2.05) is 26.0 Å². The van der Waals surface area contributed by atoms with Gasteiger partial charge in [-0.15, -0.1) is 0 Å². The van der Waals surface area contributed by atoms with Crippen LogP contribution in [0.25, 0.3) is 0 Å². The second-order valence-corrected chi connectivity index (χ2v) is 10.7. The molecule has 158 valence electrons. The zero-order valence-corrected chi connectivity index (χ0v) is 18.5. The fourth-order valence-corrected chi connectivity index (χ4v) is 5.31. The summed E-state index contributed by atoms with van der Waals surface area (Å²) in [5.74, 6) is 0.728. The number of nitrogens with zero attached hydrogens (tertiary/aromatic N) is 2. The van der Waals surface area contributed by atoms with Crippen molar-refractivity contribution in [3.05, 3.63) is 28.3 Å². The third-order valence-corrected chi connectivity index (χ3v) is 7.81. The zero-order valence-electron chi connectivity index (χ0n) is 16.9. The Kier molecular flexibility index (Phi) is 6.61. The van der Waals surface area contributed by atoms with Crippen molar-refractivity contribution in [1.82, 2.24) is 9.21 Å². The lowest BCUT2D eigenvalue weighted by atomic mass is 9.91. The number of hydrogen-bond acceptors (Lipinski definition) is 5. The Morgan fingerprint density at radius 2 is 1.82 bits per heavy atom. The van der Waals surface area contributed by atoms with Crippen LogP contribution in [0.15, 0.2) is 12.1 Å². The summed E-state index contributed by atoms with van der Waals surface area (Å²) in [6.07, 6.45) is 4.49. The van der Waals surface area contributed by atoms with Gasteiger partial charge < -0.3 is 9.84 Å². The van der Waals surface area contributed by atoms with E-state index in [2.05, 4.69) is 4.90 Å². The van der Waals surface area contributed by atoms with Crippen molar-refractivity contribution in [2.24, 2.45) is 0 Å². The lowest BCUT2D eigenvalue weighted by molar-refractivity contribution is -0.0740. The Morgan fingerprint density at radius 3 is 2.39 bits per heavy atom. The molecule has 3 rings (SSSR count). The molecule has 2 aliphatic rings. The topological polar surface area (TPSA) is 70.1 Å². The fourth-order valence-electron chi connectivity index (χ4n) is 4.32. The van der Waals surface area contributed by atoms with Crippen LogP contribution in [0, 0.1) is 13.8 Å². The average Bonchev–Trinajstić information content (AvgIpc) is 2.64. The molecule has 0 bridgehead atoms. The Hall–Kier alpha value is -0.860. The SMILES string of the molecule is Cc1cc(OC[C@@]2(O)CCCN(C3CCN(S(C)(=O)=O)CC3)C2)cc(C)c1Cl. The largest absolute Gasteiger partial charge is 0.491 e. The number of ether oxygens (including phenoxy) is 1. The minimum absolute atomic E-state index is 0.242. The highest BCUT2D eigenvalue weighted by Crippen LogP contribution is 2.30. The molecule has 0 aliphatic carbocycles. The number of aliphatic hydroxyl groups is 1. The van der Waals surface area contributed by atoms with E-state index in [4.69, 9.17) is 16.3 Å². The molecule has 1 atom stereocenters. The second-order valence-electron chi connectivity index (χ2n) is 8.35. The van der Waals surface area contributed by atoms with Crippen LogP contribution < -0.4 is 4.74 Å². The van der Waals surface area contributed by atoms with E-state index in [0.717, 1.165) is 47.7 Å². The molecule has 2 heterocycles. The molecule has 1 N–H and O–H groups in total. The van der Waals surface area contributed by atoms with Crippen LogP contribution in [0.3, 0.4) is 0 Å². The minimum Gasteiger partial charge on any atom is -0.491 e. The maximum absolute atomic E-state index is 11.7. The van der Waals surface area contributed by atoms with Crippen LogP contribution in [0.2, 0.25) is 5.02 Å². The number of aryl methyl sites for hydroxylation is 2. The Balaban J connectivity index is 1.58. The van der Waals surface area contributed by atoms with Crippen molar-refractivity contribution in [3.63, 3.8) is 0 Å². The van der Waals surface area contributed by atoms with Gasteiger partial charge in [-0.25, -0.2) is 12.7 Å². The summed E-state index contributed by atoms with van der Waals surface area (Å²) in [5.41, 5.74) is 1.03. The number of likely N-dealkylation sites (tertiary alicyclic amines) is 1. The summed E-state index contributed by atoms with van der Waals surface area (Å²) in [5, 5.41) is 11.9. The normalized spacial score (nSPS) is 25.8. The number of halogens is 1. The fraction of sp³-hybridized carbons (Fsp3) is 0.700. The van der Waals surface area contributed by atoms with Crippen LogP contribution >= 0.6 is 11.6 Å². The summed E-state index contributed by atoms with van der Waals surface area (Å²) < 4.78 is 30.9. The van der Waals surface area contributed by atoms with Gasteiger partial charge in [0.25, 0.3) is 0 Å². The van der Waals surface area contributed by atoms with Gasteiger partial charge in [0.05, 0.1) is 6.26 Å². The molecule has 2 saturated heterocycles. The maximum atomic E-state index is 11.7. The maximum Gasteiger partial charge on any atom is 0.211 e. The van der Waals surface area contributed by atoms with Crippen LogP contribution in [0.1, 0.15) is 36.8 Å². The van der Waals surface area contributed by atoms with Gasteiger partial charge in [0.2, 0.25) is 10.0 Å². The molecule has 6 nitrogen and oxygen atoms in total. The average molecular weight is 431 g/mol. The molecule has 1 aromatic carbocycles. The third kappa shape index (κ3) is 5.19. The minimum atomic E-state index is -3.12. The third-order valence-electron chi connectivity index (χ3n) is 5.91. The van der Waals surface area contributed by atoms with Gasteiger partial charge in [0.15, 0.2) is 0 Å². The highest BCUT2D eigenvalue weighted by Gasteiger charge is 2.38. The van der Waals surface area contributed by atoms with Gasteiger partial charge in [0, 0.05) is 30.7 Å². The number of benzene rings is 1. The molecule has 0 unspecified atom stereocenters. The van der Waals surface area contributed by atoms with E-state index in [1.165, 1.54) is 6.26 Å². The van der Waals surface area contributed by atoms with Crippen LogP contribution in [-0.4, -0.2) is 73.4 Å². The van der Waals surface area contributed by atoms with Crippen LogP contribution in [-0.2, 0) is 10.0 Å². The van der Waals surface area contributed by atoms with Crippen LogP contribution in [0.4, 0.5) is 0 Å². The first kappa shape index (κ1) is 21.8. The molecule has 2 aliphatic heterocycles. The van der Waals surface area contributed by atoms with Gasteiger partial charge in [-0.1, -0.05) is 11.6 Å². The molecule has 28 heavy (non-hydrogen) atoms. The van der Waals surface area contributed by atoms with Crippen molar-refractivity contribution in [3.8, 4) is 5.75 Å². The Morgan fingerprint density at radius 1 is 1.21 bits per heavy atom. The Labute approximate surface area is 173 Å². The number of piperidine rings is 2. The summed E-state index contributed by atoms with van der Waals surface area (Å²) in [4.78, 5) is 2.31. The number of sulfonamides is 1. The van der Waals surface area contributed by atoms with E-state index in [9.17, 15) is 13.5 Å². The van der Waals surface area contributed by atoms with Crippen LogP contribution in [0.5, 0.6) is 5.75 Å². The molecule has 8 heteroatoms. The van der Waals surface area contributed by atoms with Gasteiger partial charge in [-0.3, -0.25) is 4.90 Å². The van der Waals surface area contributed by atoms with Gasteiger partial charge in [-0.05, 0) is 69.3 Å². The second kappa shape index (κ2) is 8.48. The molecule has 0 aromatic heterocycles. The molecule has 0 amide bonds. The van der Waals surface area contributed by atoms with E-state index >= 15 is 0 Å². The first-order chi connectivity index (χ1) is 13.1. The van der Waals surface area contributed by atoms with Gasteiger partial charge in [0.1, 0.15) is 18.0 Å². The quantitative estimate of drug-likeness (QED) is 0.777. The summed E-state index contributed by atoms with van der Waals surface area (Å²) in [6, 6.07) is 4.12. The molecule has 0 saturated carbocycles. The van der Waals surface area contributed by atoms with E-state index in [-0.39, 0.29) is 6.61 Å². The number of β-amino-alcohol motifs (C(OH)–C–C–N with tert-alkyl or cyclic N) is 1. The predicted molar refractivity (Wildman–Crippen MR) is 112 cm³/mol. The van der Waals surface area contributed by atoms with Gasteiger partial charge >= 0.3 is 0 Å². The molecular weight excluding hydrogens is 400 g/mol. The van der Waals surface area contributed by atoms with Crippen molar-refractivity contribution in [2.45, 2.75) is 51.2 Å². The van der Waals surface area contributed by atoms with Crippen molar-refractivity contribution < 1.29 is 18.3 Å². The van der Waals surface area contributed by atoms with E-state index in [0.29, 0.717) is 32.1 Å². The Bertz CT molecular complexity index is 785. The molecule has 1 aromatic rings. The smallest absolute Gasteiger partial charge is 0.211 e. The summed E-state index contributed by atoms with van der Waals surface area (Å²) in [6.45, 7) is 6.74. The van der Waals surface area contributed by atoms with Crippen molar-refractivity contribution in [1.29, 1.82) is 0 Å². The van der Waals surface area contributed by atoms with E-state index < -0.39 is 15.6 Å². The first-order valence-electron chi connectivity index (χ1n) is 9.88. The number of rotatable bonds is 5. The predicted octanol–water partition coefficient (Wildman–Crippen LogP) is 2.59. The highest BCUT2D eigenvalue weighted by atomic mass is 35.5. The standard InChI is InChI=1S/C20H31ClN2O4S/c1-15-11-18(12-16(2)19(15)21)27-14-20(24)7-4-8-22(13-20)17-5-9-23(10-6-17)28(3,25)26/h11-12,17,24H,4-10,13-14H2,1-3H3/t20-/m1/s1. The first-order valence-corrected chi connectivity index (χ1v) is 12.1. The lowest BCUT2D eigenvalue weighted by Gasteiger charge is -2.44. The van der Waals surface area contributed by atoms with E-state index in [1.54, 1.807) is 4.31 Å². The molecule has 2 fully saturated rings. The zero-order chi connectivity index (χ0) is 20.5.